The zero-order chi connectivity index (χ0) is 11.4. The largest absolute Gasteiger partial charge is 0.310 e. The summed E-state index contributed by atoms with van der Waals surface area (Å²) in [5.41, 5.74) is 0. The molecular weight excluding hydrogens is 216 g/mol. The van der Waals surface area contributed by atoms with Crippen LogP contribution in [0.4, 0.5) is 0 Å². The average molecular weight is 242 g/mol. The summed E-state index contributed by atoms with van der Waals surface area (Å²) in [5.74, 6) is 3.61. The third-order valence-electron chi connectivity index (χ3n) is 4.13. The first-order chi connectivity index (χ1) is 7.75. The van der Waals surface area contributed by atoms with E-state index in [-0.39, 0.29) is 0 Å². The topological polar surface area (TPSA) is 15.3 Å². The second-order valence-electron chi connectivity index (χ2n) is 5.51. The van der Waals surface area contributed by atoms with E-state index in [1.165, 1.54) is 50.3 Å². The highest BCUT2D eigenvalue weighted by Gasteiger charge is 2.24. The second kappa shape index (κ2) is 6.27. The molecule has 0 amide bonds. The van der Waals surface area contributed by atoms with Crippen molar-refractivity contribution in [2.24, 2.45) is 5.92 Å². The van der Waals surface area contributed by atoms with Crippen molar-refractivity contribution < 1.29 is 0 Å². The summed E-state index contributed by atoms with van der Waals surface area (Å²) in [6, 6.07) is 1.51. The lowest BCUT2D eigenvalue weighted by Crippen LogP contribution is -2.46. The van der Waals surface area contributed by atoms with E-state index >= 15 is 0 Å². The molecule has 0 aromatic rings. The fourth-order valence-corrected chi connectivity index (χ4v) is 3.99. The zero-order valence-corrected chi connectivity index (χ0v) is 11.6. The van der Waals surface area contributed by atoms with Crippen molar-refractivity contribution in [3.05, 3.63) is 0 Å². The van der Waals surface area contributed by atoms with Gasteiger partial charge >= 0.3 is 0 Å². The molecule has 0 aliphatic carbocycles. The van der Waals surface area contributed by atoms with E-state index in [1.807, 2.05) is 0 Å². The molecule has 2 unspecified atom stereocenters. The van der Waals surface area contributed by atoms with E-state index in [0.29, 0.717) is 0 Å². The second-order valence-corrected chi connectivity index (χ2v) is 6.66. The minimum Gasteiger partial charge on any atom is -0.310 e. The van der Waals surface area contributed by atoms with Crippen LogP contribution in [-0.4, -0.2) is 48.6 Å². The number of hydrogen-bond acceptors (Lipinski definition) is 3. The van der Waals surface area contributed by atoms with Crippen LogP contribution in [0.5, 0.6) is 0 Å². The highest BCUT2D eigenvalue weighted by molar-refractivity contribution is 7.99. The highest BCUT2D eigenvalue weighted by atomic mass is 32.2. The predicted octanol–water partition coefficient (Wildman–Crippen LogP) is 2.20. The maximum absolute atomic E-state index is 3.86. The van der Waals surface area contributed by atoms with E-state index < -0.39 is 0 Å². The van der Waals surface area contributed by atoms with Crippen molar-refractivity contribution in [3.63, 3.8) is 0 Å². The molecule has 2 heterocycles. The van der Waals surface area contributed by atoms with Crippen molar-refractivity contribution in [2.45, 2.75) is 44.7 Å². The fraction of sp³-hybridized carbons (Fsp3) is 1.00. The molecular formula is C13H26N2S. The third kappa shape index (κ3) is 3.64. The number of likely N-dealkylation sites (tertiary alicyclic amines) is 1. The number of nitrogens with one attached hydrogen (secondary N) is 1. The number of hydrogen-bond donors (Lipinski definition) is 1. The number of rotatable bonds is 3. The summed E-state index contributed by atoms with van der Waals surface area (Å²) in [5, 5.41) is 3.86. The van der Waals surface area contributed by atoms with Crippen LogP contribution >= 0.6 is 11.8 Å². The molecule has 3 heteroatoms. The Morgan fingerprint density at radius 2 is 2.00 bits per heavy atom. The van der Waals surface area contributed by atoms with Gasteiger partial charge in [-0.15, -0.1) is 0 Å². The summed E-state index contributed by atoms with van der Waals surface area (Å²) < 4.78 is 0. The van der Waals surface area contributed by atoms with Gasteiger partial charge in [-0.1, -0.05) is 0 Å². The summed E-state index contributed by atoms with van der Waals surface area (Å²) in [4.78, 5) is 2.46. The number of piperidine rings is 1. The Morgan fingerprint density at radius 1 is 1.25 bits per heavy atom. The molecule has 0 aromatic heterocycles. The molecule has 2 nitrogen and oxygen atoms in total. The van der Waals surface area contributed by atoms with Crippen LogP contribution in [0, 0.1) is 5.92 Å². The molecule has 2 aliphatic rings. The molecule has 2 rings (SSSR count). The average Bonchev–Trinajstić information content (AvgIpc) is 2.31. The monoisotopic (exact) mass is 242 g/mol. The Hall–Kier alpha value is 0.270. The van der Waals surface area contributed by atoms with E-state index in [1.54, 1.807) is 0 Å². The van der Waals surface area contributed by atoms with Gasteiger partial charge in [-0.05, 0) is 64.4 Å². The van der Waals surface area contributed by atoms with E-state index in [0.717, 1.165) is 18.0 Å². The van der Waals surface area contributed by atoms with Crippen molar-refractivity contribution in [1.82, 2.24) is 10.2 Å². The van der Waals surface area contributed by atoms with Crippen molar-refractivity contribution >= 4 is 11.8 Å². The smallest absolute Gasteiger partial charge is 0.0161 e. The van der Waals surface area contributed by atoms with Crippen LogP contribution in [0.2, 0.25) is 0 Å². The Kier molecular flexibility index (Phi) is 4.98. The lowest BCUT2D eigenvalue weighted by atomic mass is 9.90. The molecule has 0 aromatic carbocycles. The first-order valence-corrected chi connectivity index (χ1v) is 7.93. The van der Waals surface area contributed by atoms with Crippen molar-refractivity contribution in [1.29, 1.82) is 0 Å². The quantitative estimate of drug-likeness (QED) is 0.817. The van der Waals surface area contributed by atoms with Crippen molar-refractivity contribution in [2.75, 3.05) is 31.6 Å². The van der Waals surface area contributed by atoms with E-state index in [2.05, 4.69) is 35.9 Å². The molecule has 0 saturated carbocycles. The van der Waals surface area contributed by atoms with Crippen LogP contribution < -0.4 is 5.32 Å². The van der Waals surface area contributed by atoms with Gasteiger partial charge in [0.2, 0.25) is 0 Å². The van der Waals surface area contributed by atoms with Crippen LogP contribution in [0.3, 0.4) is 0 Å². The van der Waals surface area contributed by atoms with Gasteiger partial charge in [0.15, 0.2) is 0 Å². The fourth-order valence-electron chi connectivity index (χ4n) is 2.91. The molecule has 0 radical (unpaired) electrons. The zero-order valence-electron chi connectivity index (χ0n) is 10.7. The predicted molar refractivity (Wildman–Crippen MR) is 73.2 cm³/mol. The molecule has 0 spiro atoms. The van der Waals surface area contributed by atoms with Gasteiger partial charge < -0.3 is 10.2 Å². The Balaban J connectivity index is 1.72. The molecule has 2 atom stereocenters. The van der Waals surface area contributed by atoms with Gasteiger partial charge in [0.1, 0.15) is 0 Å². The lowest BCUT2D eigenvalue weighted by molar-refractivity contribution is 0.184. The van der Waals surface area contributed by atoms with Crippen LogP contribution in [0.1, 0.15) is 32.6 Å². The first kappa shape index (κ1) is 12.7. The van der Waals surface area contributed by atoms with Gasteiger partial charge in [-0.25, -0.2) is 0 Å². The van der Waals surface area contributed by atoms with Crippen LogP contribution in [0.15, 0.2) is 0 Å². The summed E-state index contributed by atoms with van der Waals surface area (Å²) in [6.45, 7) is 4.97. The first-order valence-electron chi connectivity index (χ1n) is 6.78. The summed E-state index contributed by atoms with van der Waals surface area (Å²) in [6.07, 6.45) is 5.56. The molecule has 0 bridgehead atoms. The normalized spacial score (nSPS) is 31.5. The summed E-state index contributed by atoms with van der Waals surface area (Å²) >= 11 is 2.12. The Labute approximate surface area is 105 Å². The maximum Gasteiger partial charge on any atom is 0.0161 e. The van der Waals surface area contributed by atoms with Gasteiger partial charge in [-0.2, -0.15) is 11.8 Å². The third-order valence-corrected chi connectivity index (χ3v) is 5.34. The lowest BCUT2D eigenvalue weighted by Gasteiger charge is -2.35. The summed E-state index contributed by atoms with van der Waals surface area (Å²) in [7, 11) is 2.24. The van der Waals surface area contributed by atoms with Gasteiger partial charge in [-0.3, -0.25) is 0 Å². The molecule has 94 valence electrons. The van der Waals surface area contributed by atoms with E-state index in [4.69, 9.17) is 0 Å². The number of thioether (sulfide) groups is 1. The molecule has 2 fully saturated rings. The van der Waals surface area contributed by atoms with Crippen LogP contribution in [0.25, 0.3) is 0 Å². The number of nitrogens with zero attached hydrogens (tertiary/aromatic N) is 1. The van der Waals surface area contributed by atoms with Gasteiger partial charge in [0.25, 0.3) is 0 Å². The maximum atomic E-state index is 3.86. The van der Waals surface area contributed by atoms with Gasteiger partial charge in [0, 0.05) is 17.8 Å². The minimum atomic E-state index is 0.720. The molecule has 16 heavy (non-hydrogen) atoms. The van der Waals surface area contributed by atoms with Gasteiger partial charge in [0.05, 0.1) is 0 Å². The molecule has 2 aliphatic heterocycles. The van der Waals surface area contributed by atoms with E-state index in [9.17, 15) is 0 Å². The molecule has 1 N–H and O–H groups in total. The standard InChI is InChI=1S/C13H26N2S/c1-11(12-5-7-15(2)8-6-12)14-13-4-3-9-16-10-13/h11-14H,3-10H2,1-2H3. The Morgan fingerprint density at radius 3 is 2.62 bits per heavy atom. The van der Waals surface area contributed by atoms with Crippen molar-refractivity contribution in [3.8, 4) is 0 Å². The minimum absolute atomic E-state index is 0.720. The highest BCUT2D eigenvalue weighted by Crippen LogP contribution is 2.22. The molecule has 2 saturated heterocycles. The Bertz CT molecular complexity index is 196. The van der Waals surface area contributed by atoms with Crippen LogP contribution in [-0.2, 0) is 0 Å². The SMILES string of the molecule is CC(NC1CCCSC1)C1CCN(C)CC1.